The van der Waals surface area contributed by atoms with Gasteiger partial charge in [-0.2, -0.15) is 0 Å². The van der Waals surface area contributed by atoms with Gasteiger partial charge in [-0.1, -0.05) is 77.9 Å². The summed E-state index contributed by atoms with van der Waals surface area (Å²) in [5.74, 6) is 0. The van der Waals surface area contributed by atoms with Crippen LogP contribution in [0.4, 0.5) is 0 Å². The van der Waals surface area contributed by atoms with Gasteiger partial charge in [-0.3, -0.25) is 4.98 Å². The molecule has 0 radical (unpaired) electrons. The fourth-order valence-electron chi connectivity index (χ4n) is 1.16. The average molecular weight is 245 g/mol. The highest BCUT2D eigenvalue weighted by molar-refractivity contribution is 5.61. The summed E-state index contributed by atoms with van der Waals surface area (Å²) in [5, 5.41) is 0. The van der Waals surface area contributed by atoms with E-state index in [9.17, 15) is 0 Å². The van der Waals surface area contributed by atoms with E-state index in [0.717, 1.165) is 5.56 Å². The zero-order valence-corrected chi connectivity index (χ0v) is 12.6. The molecule has 0 aliphatic heterocycles. The Morgan fingerprint density at radius 3 is 1.56 bits per heavy atom. The topological polar surface area (TPSA) is 12.9 Å². The first kappa shape index (κ1) is 18.7. The van der Waals surface area contributed by atoms with E-state index in [0.29, 0.717) is 0 Å². The standard InChI is InChI=1S/C11H9N.3C2H6/c1-2-5-10(6-3-1)11-7-4-8-12-9-11;3*1-2/h1-9H;3*1-2H3. The summed E-state index contributed by atoms with van der Waals surface area (Å²) in [6, 6.07) is 14.2. The summed E-state index contributed by atoms with van der Waals surface area (Å²) in [6.07, 6.45) is 3.65. The van der Waals surface area contributed by atoms with E-state index in [1.165, 1.54) is 5.56 Å². The van der Waals surface area contributed by atoms with E-state index in [-0.39, 0.29) is 0 Å². The van der Waals surface area contributed by atoms with Gasteiger partial charge in [-0.25, -0.2) is 0 Å². The summed E-state index contributed by atoms with van der Waals surface area (Å²) in [7, 11) is 0. The Hall–Kier alpha value is -1.63. The molecule has 0 spiro atoms. The maximum Gasteiger partial charge on any atom is 0.0346 e. The van der Waals surface area contributed by atoms with Gasteiger partial charge in [0.05, 0.1) is 0 Å². The molecule has 1 aromatic carbocycles. The molecule has 2 aromatic rings. The van der Waals surface area contributed by atoms with Crippen LogP contribution in [-0.4, -0.2) is 4.98 Å². The van der Waals surface area contributed by atoms with Crippen molar-refractivity contribution >= 4 is 0 Å². The molecule has 0 N–H and O–H groups in total. The van der Waals surface area contributed by atoms with Gasteiger partial charge in [0, 0.05) is 12.4 Å². The molecule has 0 atom stereocenters. The van der Waals surface area contributed by atoms with Crippen LogP contribution in [0.5, 0.6) is 0 Å². The first-order chi connectivity index (χ1) is 8.97. The molecule has 1 heteroatoms. The molecule has 0 amide bonds. The minimum absolute atomic E-state index is 1.16. The number of aromatic nitrogens is 1. The predicted octanol–water partition coefficient (Wildman–Crippen LogP) is 5.83. The van der Waals surface area contributed by atoms with Crippen molar-refractivity contribution in [2.45, 2.75) is 41.5 Å². The second kappa shape index (κ2) is 15.4. The Labute approximate surface area is 113 Å². The van der Waals surface area contributed by atoms with E-state index in [4.69, 9.17) is 0 Å². The Bertz CT molecular complexity index is 303. The summed E-state index contributed by atoms with van der Waals surface area (Å²) in [4.78, 5) is 4.06. The fourth-order valence-corrected chi connectivity index (χ4v) is 1.16. The largest absolute Gasteiger partial charge is 0.264 e. The maximum absolute atomic E-state index is 4.06. The van der Waals surface area contributed by atoms with Crippen molar-refractivity contribution in [2.24, 2.45) is 0 Å². The van der Waals surface area contributed by atoms with Crippen LogP contribution >= 0.6 is 0 Å². The molecule has 1 heterocycles. The van der Waals surface area contributed by atoms with E-state index >= 15 is 0 Å². The van der Waals surface area contributed by atoms with Crippen LogP contribution in [0, 0.1) is 0 Å². The lowest BCUT2D eigenvalue weighted by molar-refractivity contribution is 1.33. The van der Waals surface area contributed by atoms with E-state index < -0.39 is 0 Å². The first-order valence-corrected chi connectivity index (χ1v) is 6.92. The van der Waals surface area contributed by atoms with Gasteiger partial charge in [0.15, 0.2) is 0 Å². The summed E-state index contributed by atoms with van der Waals surface area (Å²) < 4.78 is 0. The fraction of sp³-hybridized carbons (Fsp3) is 0.353. The first-order valence-electron chi connectivity index (χ1n) is 6.92. The third kappa shape index (κ3) is 7.61. The van der Waals surface area contributed by atoms with Crippen molar-refractivity contribution in [3.63, 3.8) is 0 Å². The summed E-state index contributed by atoms with van der Waals surface area (Å²) >= 11 is 0. The molecule has 0 aliphatic carbocycles. The molecule has 0 aliphatic rings. The number of benzene rings is 1. The van der Waals surface area contributed by atoms with Crippen molar-refractivity contribution < 1.29 is 0 Å². The average Bonchev–Trinajstić information content (AvgIpc) is 2.55. The number of nitrogens with zero attached hydrogens (tertiary/aromatic N) is 1. The molecule has 100 valence electrons. The second-order valence-electron chi connectivity index (χ2n) is 2.61. The summed E-state index contributed by atoms with van der Waals surface area (Å²) in [6.45, 7) is 12.0. The molecular formula is C17H27N. The molecule has 1 nitrogen and oxygen atoms in total. The van der Waals surface area contributed by atoms with Gasteiger partial charge in [0.25, 0.3) is 0 Å². The van der Waals surface area contributed by atoms with Gasteiger partial charge in [-0.05, 0) is 17.2 Å². The van der Waals surface area contributed by atoms with Crippen LogP contribution in [-0.2, 0) is 0 Å². The Kier molecular flexibility index (Phi) is 16.0. The quantitative estimate of drug-likeness (QED) is 0.616. The Morgan fingerprint density at radius 1 is 0.611 bits per heavy atom. The van der Waals surface area contributed by atoms with E-state index in [1.807, 2.05) is 72.0 Å². The van der Waals surface area contributed by atoms with Crippen LogP contribution in [0.15, 0.2) is 54.9 Å². The van der Waals surface area contributed by atoms with Gasteiger partial charge >= 0.3 is 0 Å². The van der Waals surface area contributed by atoms with Crippen LogP contribution in [0.2, 0.25) is 0 Å². The van der Waals surface area contributed by atoms with Gasteiger partial charge in [0.2, 0.25) is 0 Å². The second-order valence-corrected chi connectivity index (χ2v) is 2.61. The molecule has 0 saturated carbocycles. The van der Waals surface area contributed by atoms with Crippen molar-refractivity contribution in [3.8, 4) is 11.1 Å². The van der Waals surface area contributed by atoms with Crippen LogP contribution in [0.25, 0.3) is 11.1 Å². The number of hydrogen-bond acceptors (Lipinski definition) is 1. The lowest BCUT2D eigenvalue weighted by Crippen LogP contribution is -1.76. The molecular weight excluding hydrogens is 218 g/mol. The number of hydrogen-bond donors (Lipinski definition) is 0. The molecule has 0 saturated heterocycles. The van der Waals surface area contributed by atoms with E-state index in [2.05, 4.69) is 23.2 Å². The SMILES string of the molecule is CC.CC.CC.c1ccc(-c2cccnc2)cc1. The normalized spacial score (nSPS) is 7.44. The van der Waals surface area contributed by atoms with Crippen molar-refractivity contribution in [3.05, 3.63) is 54.9 Å². The van der Waals surface area contributed by atoms with Crippen LogP contribution in [0.1, 0.15) is 41.5 Å². The highest BCUT2D eigenvalue weighted by atomic mass is 14.6. The number of pyridine rings is 1. The van der Waals surface area contributed by atoms with Crippen LogP contribution < -0.4 is 0 Å². The minimum atomic E-state index is 1.16. The Balaban J connectivity index is 0. The lowest BCUT2D eigenvalue weighted by Gasteiger charge is -1.97. The molecule has 0 bridgehead atoms. The highest BCUT2D eigenvalue weighted by Crippen LogP contribution is 2.16. The minimum Gasteiger partial charge on any atom is -0.264 e. The maximum atomic E-state index is 4.06. The van der Waals surface area contributed by atoms with Gasteiger partial charge in [0.1, 0.15) is 0 Å². The highest BCUT2D eigenvalue weighted by Gasteiger charge is 1.92. The zero-order chi connectivity index (χ0) is 14.2. The van der Waals surface area contributed by atoms with E-state index in [1.54, 1.807) is 6.20 Å². The molecule has 0 fully saturated rings. The van der Waals surface area contributed by atoms with Crippen molar-refractivity contribution in [1.82, 2.24) is 4.98 Å². The third-order valence-corrected chi connectivity index (χ3v) is 1.77. The molecule has 18 heavy (non-hydrogen) atoms. The van der Waals surface area contributed by atoms with Crippen molar-refractivity contribution in [1.29, 1.82) is 0 Å². The summed E-state index contributed by atoms with van der Waals surface area (Å²) in [5.41, 5.74) is 2.38. The predicted molar refractivity (Wildman–Crippen MR) is 83.7 cm³/mol. The molecule has 0 unspecified atom stereocenters. The number of rotatable bonds is 1. The smallest absolute Gasteiger partial charge is 0.0346 e. The molecule has 2 rings (SSSR count). The third-order valence-electron chi connectivity index (χ3n) is 1.77. The monoisotopic (exact) mass is 245 g/mol. The van der Waals surface area contributed by atoms with Gasteiger partial charge in [-0.15, -0.1) is 0 Å². The Morgan fingerprint density at radius 2 is 1.11 bits per heavy atom. The zero-order valence-electron chi connectivity index (χ0n) is 12.6. The van der Waals surface area contributed by atoms with Crippen molar-refractivity contribution in [2.75, 3.05) is 0 Å². The van der Waals surface area contributed by atoms with Gasteiger partial charge < -0.3 is 0 Å². The van der Waals surface area contributed by atoms with Crippen LogP contribution in [0.3, 0.4) is 0 Å². The lowest BCUT2D eigenvalue weighted by atomic mass is 10.1. The molecule has 1 aromatic heterocycles.